The molecule has 4 aromatic rings. The number of rotatable bonds is 10. The zero-order valence-corrected chi connectivity index (χ0v) is 22.8. The first-order valence-corrected chi connectivity index (χ1v) is 12.9. The first kappa shape index (κ1) is 26.6. The standard InChI is InChI=1S/C30H31N5O5/c1-5-39-26-15-21(11-14-24(26)40-17-20-9-7-6-8-10-20)28-27(19(2)33-30-31-18-32-35(28)30)29(36)34-23-13-12-22(37-3)16-25(23)38-4/h6-16,18,28H,5,17H2,1-4H3,(H,34,36)(H,31,32,33)/t28-/m1/s1. The van der Waals surface area contributed by atoms with Gasteiger partial charge in [0.05, 0.1) is 32.1 Å². The van der Waals surface area contributed by atoms with Gasteiger partial charge in [0.2, 0.25) is 5.95 Å². The lowest BCUT2D eigenvalue weighted by molar-refractivity contribution is -0.113. The minimum atomic E-state index is -0.578. The molecule has 0 unspecified atom stereocenters. The number of anilines is 2. The Kier molecular flexibility index (Phi) is 7.86. The number of hydrogen-bond donors (Lipinski definition) is 2. The summed E-state index contributed by atoms with van der Waals surface area (Å²) in [4.78, 5) is 18.2. The zero-order chi connectivity index (χ0) is 28.1. The van der Waals surface area contributed by atoms with Gasteiger partial charge in [-0.15, -0.1) is 0 Å². The first-order chi connectivity index (χ1) is 19.5. The molecule has 10 nitrogen and oxygen atoms in total. The number of carbonyl (C=O) groups is 1. The minimum absolute atomic E-state index is 0.318. The van der Waals surface area contributed by atoms with E-state index in [9.17, 15) is 4.79 Å². The number of nitrogens with one attached hydrogen (secondary N) is 2. The van der Waals surface area contributed by atoms with Crippen LogP contribution in [0.1, 0.15) is 31.0 Å². The van der Waals surface area contributed by atoms with Crippen LogP contribution in [0.4, 0.5) is 11.6 Å². The van der Waals surface area contributed by atoms with E-state index in [1.54, 1.807) is 30.0 Å². The maximum absolute atomic E-state index is 13.8. The highest BCUT2D eigenvalue weighted by atomic mass is 16.5. The SMILES string of the molecule is CCOc1cc([C@@H]2C(C(=O)Nc3ccc(OC)cc3OC)=C(C)Nc3ncnn32)ccc1OCc1ccccc1. The maximum atomic E-state index is 13.8. The van der Waals surface area contributed by atoms with Gasteiger partial charge in [-0.05, 0) is 49.2 Å². The number of fused-ring (bicyclic) bond motifs is 1. The van der Waals surface area contributed by atoms with Crippen molar-refractivity contribution in [1.82, 2.24) is 14.8 Å². The predicted octanol–water partition coefficient (Wildman–Crippen LogP) is 5.20. The molecular formula is C30H31N5O5. The van der Waals surface area contributed by atoms with Crippen LogP contribution in [0.25, 0.3) is 0 Å². The van der Waals surface area contributed by atoms with Gasteiger partial charge in [-0.3, -0.25) is 4.79 Å². The van der Waals surface area contributed by atoms with Crippen molar-refractivity contribution in [2.45, 2.75) is 26.5 Å². The van der Waals surface area contributed by atoms with E-state index in [0.29, 0.717) is 59.1 Å². The summed E-state index contributed by atoms with van der Waals surface area (Å²) in [5.74, 6) is 2.49. The number of amides is 1. The monoisotopic (exact) mass is 541 g/mol. The van der Waals surface area contributed by atoms with Crippen LogP contribution in [0.2, 0.25) is 0 Å². The van der Waals surface area contributed by atoms with Crippen LogP contribution in [0.5, 0.6) is 23.0 Å². The molecule has 0 fully saturated rings. The fourth-order valence-corrected chi connectivity index (χ4v) is 4.60. The van der Waals surface area contributed by atoms with Crippen LogP contribution in [0.3, 0.4) is 0 Å². The third kappa shape index (κ3) is 5.42. The molecule has 1 aromatic heterocycles. The number of carbonyl (C=O) groups excluding carboxylic acids is 1. The van der Waals surface area contributed by atoms with Gasteiger partial charge in [-0.1, -0.05) is 36.4 Å². The number of methoxy groups -OCH3 is 2. The van der Waals surface area contributed by atoms with E-state index < -0.39 is 6.04 Å². The lowest BCUT2D eigenvalue weighted by Gasteiger charge is -2.29. The lowest BCUT2D eigenvalue weighted by atomic mass is 9.94. The highest BCUT2D eigenvalue weighted by Crippen LogP contribution is 2.40. The number of allylic oxidation sites excluding steroid dienone is 1. The summed E-state index contributed by atoms with van der Waals surface area (Å²) in [6.45, 7) is 4.60. The van der Waals surface area contributed by atoms with Gasteiger partial charge in [0.15, 0.2) is 11.5 Å². The van der Waals surface area contributed by atoms with Crippen LogP contribution in [0, 0.1) is 0 Å². The van der Waals surface area contributed by atoms with Gasteiger partial charge >= 0.3 is 0 Å². The molecule has 0 aliphatic carbocycles. The summed E-state index contributed by atoms with van der Waals surface area (Å²) in [6.07, 6.45) is 1.46. The van der Waals surface area contributed by atoms with Gasteiger partial charge in [0, 0.05) is 11.8 Å². The second-order valence-corrected chi connectivity index (χ2v) is 9.03. The van der Waals surface area contributed by atoms with E-state index in [4.69, 9.17) is 18.9 Å². The Morgan fingerprint density at radius 1 is 0.975 bits per heavy atom. The molecule has 0 spiro atoms. The number of hydrogen-bond acceptors (Lipinski definition) is 8. The molecule has 0 saturated carbocycles. The van der Waals surface area contributed by atoms with Gasteiger partial charge in [-0.25, -0.2) is 4.68 Å². The summed E-state index contributed by atoms with van der Waals surface area (Å²) in [7, 11) is 3.11. The van der Waals surface area contributed by atoms with E-state index in [1.165, 1.54) is 13.4 Å². The summed E-state index contributed by atoms with van der Waals surface area (Å²) in [6, 6.07) is 20.2. The summed E-state index contributed by atoms with van der Waals surface area (Å²) >= 11 is 0. The van der Waals surface area contributed by atoms with E-state index in [2.05, 4.69) is 20.7 Å². The topological polar surface area (TPSA) is 109 Å². The Balaban J connectivity index is 1.49. The van der Waals surface area contributed by atoms with Gasteiger partial charge in [-0.2, -0.15) is 10.1 Å². The van der Waals surface area contributed by atoms with Gasteiger partial charge in [0.1, 0.15) is 30.5 Å². The van der Waals surface area contributed by atoms with Crippen molar-refractivity contribution < 1.29 is 23.7 Å². The van der Waals surface area contributed by atoms with Crippen LogP contribution < -0.4 is 29.6 Å². The molecule has 0 radical (unpaired) electrons. The summed E-state index contributed by atoms with van der Waals surface area (Å²) in [5.41, 5.74) is 3.46. The van der Waals surface area contributed by atoms with Crippen LogP contribution in [-0.4, -0.2) is 41.5 Å². The van der Waals surface area contributed by atoms with E-state index in [0.717, 1.165) is 11.1 Å². The predicted molar refractivity (Wildman–Crippen MR) is 151 cm³/mol. The average Bonchev–Trinajstić information content (AvgIpc) is 3.44. The van der Waals surface area contributed by atoms with Crippen LogP contribution in [0.15, 0.2) is 84.3 Å². The normalized spacial score (nSPS) is 14.2. The molecule has 1 atom stereocenters. The van der Waals surface area contributed by atoms with Crippen molar-refractivity contribution >= 4 is 17.5 Å². The number of benzene rings is 3. The van der Waals surface area contributed by atoms with E-state index in [1.807, 2.05) is 62.4 Å². The highest BCUT2D eigenvalue weighted by molar-refractivity contribution is 6.06. The third-order valence-corrected chi connectivity index (χ3v) is 6.52. The lowest BCUT2D eigenvalue weighted by Crippen LogP contribution is -2.31. The Morgan fingerprint density at radius 2 is 1.80 bits per heavy atom. The number of ether oxygens (including phenoxy) is 4. The molecule has 3 aromatic carbocycles. The summed E-state index contributed by atoms with van der Waals surface area (Å²) < 4.78 is 24.5. The fraction of sp³-hybridized carbons (Fsp3) is 0.233. The molecule has 2 heterocycles. The van der Waals surface area contributed by atoms with Crippen molar-refractivity contribution in [1.29, 1.82) is 0 Å². The fourth-order valence-electron chi connectivity index (χ4n) is 4.60. The van der Waals surface area contributed by atoms with Crippen molar-refractivity contribution in [3.63, 3.8) is 0 Å². The van der Waals surface area contributed by atoms with E-state index in [-0.39, 0.29) is 5.91 Å². The van der Waals surface area contributed by atoms with Crippen molar-refractivity contribution in [2.24, 2.45) is 0 Å². The minimum Gasteiger partial charge on any atom is -0.497 e. The van der Waals surface area contributed by atoms with Crippen LogP contribution in [-0.2, 0) is 11.4 Å². The molecule has 0 bridgehead atoms. The molecule has 40 heavy (non-hydrogen) atoms. The van der Waals surface area contributed by atoms with Crippen molar-refractivity contribution in [3.05, 3.63) is 95.5 Å². The Bertz CT molecular complexity index is 1530. The van der Waals surface area contributed by atoms with E-state index >= 15 is 0 Å². The largest absolute Gasteiger partial charge is 0.497 e. The molecular weight excluding hydrogens is 510 g/mol. The zero-order valence-electron chi connectivity index (χ0n) is 22.8. The van der Waals surface area contributed by atoms with Gasteiger partial charge < -0.3 is 29.6 Å². The second-order valence-electron chi connectivity index (χ2n) is 9.03. The van der Waals surface area contributed by atoms with Gasteiger partial charge in [0.25, 0.3) is 5.91 Å². The summed E-state index contributed by atoms with van der Waals surface area (Å²) in [5, 5.41) is 10.6. The first-order valence-electron chi connectivity index (χ1n) is 12.9. The van der Waals surface area contributed by atoms with Crippen molar-refractivity contribution in [2.75, 3.05) is 31.5 Å². The smallest absolute Gasteiger partial charge is 0.255 e. The molecule has 0 saturated heterocycles. The molecule has 206 valence electrons. The molecule has 1 aliphatic rings. The highest BCUT2D eigenvalue weighted by Gasteiger charge is 2.34. The third-order valence-electron chi connectivity index (χ3n) is 6.52. The maximum Gasteiger partial charge on any atom is 0.255 e. The molecule has 5 rings (SSSR count). The molecule has 10 heteroatoms. The number of nitrogens with zero attached hydrogens (tertiary/aromatic N) is 3. The second kappa shape index (κ2) is 11.8. The van der Waals surface area contributed by atoms with Crippen LogP contribution >= 0.6 is 0 Å². The van der Waals surface area contributed by atoms with Crippen molar-refractivity contribution in [3.8, 4) is 23.0 Å². The Labute approximate surface area is 232 Å². The number of aromatic nitrogens is 3. The quantitative estimate of drug-likeness (QED) is 0.282. The molecule has 1 aliphatic heterocycles. The average molecular weight is 542 g/mol. The Hall–Kier alpha value is -4.99. The molecule has 1 amide bonds. The molecule has 2 N–H and O–H groups in total. The Morgan fingerprint density at radius 3 is 2.55 bits per heavy atom.